The average Bonchev–Trinajstić information content (AvgIpc) is 2.36. The summed E-state index contributed by atoms with van der Waals surface area (Å²) in [7, 11) is -2.12. The Morgan fingerprint density at radius 3 is 2.42 bits per heavy atom. The maximum Gasteiger partial charge on any atom is 0.303 e. The summed E-state index contributed by atoms with van der Waals surface area (Å²) in [6.07, 6.45) is -0.0782. The van der Waals surface area contributed by atoms with E-state index < -0.39 is 16.0 Å². The van der Waals surface area contributed by atoms with E-state index in [4.69, 9.17) is 9.84 Å². The number of rotatable bonds is 7. The Labute approximate surface area is 112 Å². The van der Waals surface area contributed by atoms with Crippen LogP contribution in [-0.4, -0.2) is 33.1 Å². The van der Waals surface area contributed by atoms with Crippen molar-refractivity contribution >= 4 is 16.0 Å². The van der Waals surface area contributed by atoms with Gasteiger partial charge in [0.25, 0.3) is 0 Å². The number of nitrogens with one attached hydrogen (secondary N) is 1. The van der Waals surface area contributed by atoms with Crippen molar-refractivity contribution in [2.75, 3.05) is 13.7 Å². The number of hydrogen-bond donors (Lipinski definition) is 2. The molecule has 0 fully saturated rings. The lowest BCUT2D eigenvalue weighted by molar-refractivity contribution is -0.137. The second-order valence-electron chi connectivity index (χ2n) is 4.23. The van der Waals surface area contributed by atoms with Gasteiger partial charge in [-0.2, -0.15) is 0 Å². The zero-order valence-corrected chi connectivity index (χ0v) is 11.6. The minimum Gasteiger partial charge on any atom is -0.497 e. The molecule has 1 aromatic rings. The van der Waals surface area contributed by atoms with Gasteiger partial charge in [-0.25, -0.2) is 13.1 Å². The summed E-state index contributed by atoms with van der Waals surface area (Å²) in [5.41, 5.74) is 0. The van der Waals surface area contributed by atoms with E-state index in [1.165, 1.54) is 19.2 Å². The zero-order valence-electron chi connectivity index (χ0n) is 10.8. The number of carboxylic acid groups (broad SMARTS) is 1. The van der Waals surface area contributed by atoms with E-state index in [9.17, 15) is 13.2 Å². The van der Waals surface area contributed by atoms with Crippen LogP contribution in [0, 0.1) is 5.92 Å². The number of hydrogen-bond acceptors (Lipinski definition) is 4. The Balaban J connectivity index is 2.67. The van der Waals surface area contributed by atoms with Gasteiger partial charge in [-0.3, -0.25) is 4.79 Å². The first-order chi connectivity index (χ1) is 8.85. The summed E-state index contributed by atoms with van der Waals surface area (Å²) < 4.78 is 31.2. The molecule has 0 bridgehead atoms. The van der Waals surface area contributed by atoms with Crippen molar-refractivity contribution in [2.24, 2.45) is 5.92 Å². The lowest BCUT2D eigenvalue weighted by Gasteiger charge is -2.11. The Kier molecular flexibility index (Phi) is 5.31. The topological polar surface area (TPSA) is 92.7 Å². The molecule has 19 heavy (non-hydrogen) atoms. The van der Waals surface area contributed by atoms with Gasteiger partial charge in [0.1, 0.15) is 5.75 Å². The van der Waals surface area contributed by atoms with E-state index in [0.29, 0.717) is 5.75 Å². The van der Waals surface area contributed by atoms with Gasteiger partial charge in [-0.15, -0.1) is 0 Å². The normalized spacial score (nSPS) is 12.9. The number of carboxylic acids is 1. The first kappa shape index (κ1) is 15.5. The van der Waals surface area contributed by atoms with Crippen LogP contribution >= 0.6 is 0 Å². The molecular formula is C12H17NO5S. The van der Waals surface area contributed by atoms with Gasteiger partial charge in [0.05, 0.1) is 12.0 Å². The first-order valence-electron chi connectivity index (χ1n) is 5.70. The highest BCUT2D eigenvalue weighted by Crippen LogP contribution is 2.15. The average molecular weight is 287 g/mol. The lowest BCUT2D eigenvalue weighted by atomic mass is 10.1. The van der Waals surface area contributed by atoms with Crippen molar-refractivity contribution in [2.45, 2.75) is 18.2 Å². The molecule has 7 heteroatoms. The van der Waals surface area contributed by atoms with Gasteiger partial charge >= 0.3 is 5.97 Å². The fourth-order valence-corrected chi connectivity index (χ4v) is 2.63. The monoisotopic (exact) mass is 287 g/mol. The third-order valence-electron chi connectivity index (χ3n) is 2.51. The Bertz CT molecular complexity index is 524. The van der Waals surface area contributed by atoms with E-state index in [1.807, 2.05) is 0 Å². The maximum atomic E-state index is 11.9. The SMILES string of the molecule is COc1ccc(S(=O)(=O)NCC(C)CC(=O)O)cc1. The number of sulfonamides is 1. The summed E-state index contributed by atoms with van der Waals surface area (Å²) >= 11 is 0. The lowest BCUT2D eigenvalue weighted by Crippen LogP contribution is -2.29. The minimum atomic E-state index is -3.61. The van der Waals surface area contributed by atoms with Crippen LogP contribution in [0.15, 0.2) is 29.2 Å². The van der Waals surface area contributed by atoms with E-state index in [0.717, 1.165) is 0 Å². The number of carbonyl (C=O) groups is 1. The molecule has 0 amide bonds. The fourth-order valence-electron chi connectivity index (χ4n) is 1.46. The molecule has 1 aromatic carbocycles. The second kappa shape index (κ2) is 6.53. The highest BCUT2D eigenvalue weighted by Gasteiger charge is 2.16. The van der Waals surface area contributed by atoms with Crippen LogP contribution in [0.1, 0.15) is 13.3 Å². The van der Waals surface area contributed by atoms with E-state index in [2.05, 4.69) is 4.72 Å². The molecule has 1 rings (SSSR count). The Hall–Kier alpha value is -1.60. The zero-order chi connectivity index (χ0) is 14.5. The molecule has 0 spiro atoms. The first-order valence-corrected chi connectivity index (χ1v) is 7.19. The van der Waals surface area contributed by atoms with Gasteiger partial charge < -0.3 is 9.84 Å². The molecule has 2 N–H and O–H groups in total. The van der Waals surface area contributed by atoms with E-state index in [-0.39, 0.29) is 23.8 Å². The molecule has 0 aliphatic carbocycles. The van der Waals surface area contributed by atoms with Crippen LogP contribution in [0.25, 0.3) is 0 Å². The molecule has 0 aromatic heterocycles. The molecule has 0 aliphatic heterocycles. The van der Waals surface area contributed by atoms with Gasteiger partial charge in [-0.05, 0) is 30.2 Å². The molecular weight excluding hydrogens is 270 g/mol. The van der Waals surface area contributed by atoms with Gasteiger partial charge in [0.15, 0.2) is 0 Å². The summed E-state index contributed by atoms with van der Waals surface area (Å²) in [6, 6.07) is 5.97. The number of aliphatic carboxylic acids is 1. The van der Waals surface area contributed by atoms with E-state index >= 15 is 0 Å². The van der Waals surface area contributed by atoms with Crippen LogP contribution in [-0.2, 0) is 14.8 Å². The number of ether oxygens (including phenoxy) is 1. The molecule has 106 valence electrons. The summed E-state index contributed by atoms with van der Waals surface area (Å²) in [6.45, 7) is 1.76. The predicted molar refractivity (Wildman–Crippen MR) is 69.6 cm³/mol. The molecule has 0 radical (unpaired) electrons. The van der Waals surface area contributed by atoms with Gasteiger partial charge in [0.2, 0.25) is 10.0 Å². The Morgan fingerprint density at radius 1 is 1.37 bits per heavy atom. The fraction of sp³-hybridized carbons (Fsp3) is 0.417. The number of benzene rings is 1. The van der Waals surface area contributed by atoms with Crippen molar-refractivity contribution in [3.05, 3.63) is 24.3 Å². The minimum absolute atomic E-state index is 0.0782. The van der Waals surface area contributed by atoms with Crippen molar-refractivity contribution in [1.82, 2.24) is 4.72 Å². The van der Waals surface area contributed by atoms with Crippen LogP contribution in [0.3, 0.4) is 0 Å². The van der Waals surface area contributed by atoms with Crippen molar-refractivity contribution in [1.29, 1.82) is 0 Å². The standard InChI is InChI=1S/C12H17NO5S/c1-9(7-12(14)15)8-13-19(16,17)11-5-3-10(18-2)4-6-11/h3-6,9,13H,7-8H2,1-2H3,(H,14,15). The predicted octanol–water partition coefficient (Wildman–Crippen LogP) is 1.08. The second-order valence-corrected chi connectivity index (χ2v) is 6.00. The Morgan fingerprint density at radius 2 is 1.95 bits per heavy atom. The molecule has 0 saturated heterocycles. The third kappa shape index (κ3) is 4.88. The smallest absolute Gasteiger partial charge is 0.303 e. The van der Waals surface area contributed by atoms with E-state index in [1.54, 1.807) is 19.1 Å². The van der Waals surface area contributed by atoms with Gasteiger partial charge in [0, 0.05) is 13.0 Å². The van der Waals surface area contributed by atoms with Crippen molar-refractivity contribution in [3.8, 4) is 5.75 Å². The van der Waals surface area contributed by atoms with Crippen LogP contribution in [0.5, 0.6) is 5.75 Å². The third-order valence-corrected chi connectivity index (χ3v) is 3.95. The van der Waals surface area contributed by atoms with Crippen LogP contribution in [0.4, 0.5) is 0 Å². The highest BCUT2D eigenvalue weighted by molar-refractivity contribution is 7.89. The quantitative estimate of drug-likeness (QED) is 0.783. The molecule has 0 heterocycles. The summed E-state index contributed by atoms with van der Waals surface area (Å²) in [5, 5.41) is 8.60. The van der Waals surface area contributed by atoms with Crippen molar-refractivity contribution in [3.63, 3.8) is 0 Å². The summed E-state index contributed by atoms with van der Waals surface area (Å²) in [5.74, 6) is -0.653. The van der Waals surface area contributed by atoms with Crippen molar-refractivity contribution < 1.29 is 23.1 Å². The van der Waals surface area contributed by atoms with Crippen LogP contribution < -0.4 is 9.46 Å². The molecule has 1 unspecified atom stereocenters. The van der Waals surface area contributed by atoms with Gasteiger partial charge in [-0.1, -0.05) is 6.92 Å². The van der Waals surface area contributed by atoms with Crippen LogP contribution in [0.2, 0.25) is 0 Å². The maximum absolute atomic E-state index is 11.9. The number of methoxy groups -OCH3 is 1. The molecule has 6 nitrogen and oxygen atoms in total. The molecule has 0 saturated carbocycles. The summed E-state index contributed by atoms with van der Waals surface area (Å²) in [4.78, 5) is 10.6. The highest BCUT2D eigenvalue weighted by atomic mass is 32.2. The largest absolute Gasteiger partial charge is 0.497 e. The molecule has 0 aliphatic rings. The molecule has 1 atom stereocenters.